The lowest BCUT2D eigenvalue weighted by atomic mass is 10.1. The van der Waals surface area contributed by atoms with E-state index in [0.717, 1.165) is 5.56 Å². The quantitative estimate of drug-likeness (QED) is 0.841. The Labute approximate surface area is 96.7 Å². The van der Waals surface area contributed by atoms with Crippen LogP contribution in [-0.2, 0) is 11.2 Å². The van der Waals surface area contributed by atoms with Gasteiger partial charge in [0.25, 0.3) is 0 Å². The summed E-state index contributed by atoms with van der Waals surface area (Å²) in [7, 11) is 3.43. The standard InChI is InChI=1S/C11H16N2O.ClH/c1-13(2)11(14)10(12)8-9-6-4-3-5-7-9;/h3-7,10H,8,12H2,1-2H3;1H. The highest BCUT2D eigenvalue weighted by Crippen LogP contribution is 2.02. The fourth-order valence-electron chi connectivity index (χ4n) is 1.29. The maximum atomic E-state index is 11.4. The number of carbonyl (C=O) groups excluding carboxylic acids is 1. The van der Waals surface area contributed by atoms with E-state index < -0.39 is 6.04 Å². The van der Waals surface area contributed by atoms with Crippen molar-refractivity contribution in [2.75, 3.05) is 14.1 Å². The molecule has 0 aliphatic heterocycles. The average Bonchev–Trinajstić information content (AvgIpc) is 2.18. The first-order valence-electron chi connectivity index (χ1n) is 4.62. The van der Waals surface area contributed by atoms with E-state index in [2.05, 4.69) is 0 Å². The Morgan fingerprint density at radius 2 is 1.87 bits per heavy atom. The summed E-state index contributed by atoms with van der Waals surface area (Å²) >= 11 is 0. The highest BCUT2D eigenvalue weighted by Gasteiger charge is 2.15. The van der Waals surface area contributed by atoms with Gasteiger partial charge in [0, 0.05) is 14.1 Å². The summed E-state index contributed by atoms with van der Waals surface area (Å²) in [4.78, 5) is 13.0. The lowest BCUT2D eigenvalue weighted by Gasteiger charge is -2.16. The summed E-state index contributed by atoms with van der Waals surface area (Å²) < 4.78 is 0. The number of nitrogens with zero attached hydrogens (tertiary/aromatic N) is 1. The molecule has 0 heterocycles. The predicted molar refractivity (Wildman–Crippen MR) is 64.1 cm³/mol. The fraction of sp³-hybridized carbons (Fsp3) is 0.364. The van der Waals surface area contributed by atoms with Crippen LogP contribution in [-0.4, -0.2) is 30.9 Å². The smallest absolute Gasteiger partial charge is 0.239 e. The van der Waals surface area contributed by atoms with Gasteiger partial charge in [-0.25, -0.2) is 0 Å². The molecule has 1 unspecified atom stereocenters. The third-order valence-corrected chi connectivity index (χ3v) is 2.06. The lowest BCUT2D eigenvalue weighted by Crippen LogP contribution is -2.41. The van der Waals surface area contributed by atoms with E-state index in [1.54, 1.807) is 14.1 Å². The minimum Gasteiger partial charge on any atom is -0.347 e. The molecule has 1 rings (SSSR count). The van der Waals surface area contributed by atoms with Gasteiger partial charge in [-0.3, -0.25) is 4.79 Å². The number of hydrogen-bond acceptors (Lipinski definition) is 2. The molecule has 0 spiro atoms. The molecular weight excluding hydrogens is 212 g/mol. The monoisotopic (exact) mass is 228 g/mol. The Bertz CT molecular complexity index is 301. The zero-order chi connectivity index (χ0) is 10.6. The van der Waals surface area contributed by atoms with E-state index in [9.17, 15) is 4.79 Å². The van der Waals surface area contributed by atoms with Crippen molar-refractivity contribution in [2.45, 2.75) is 12.5 Å². The van der Waals surface area contributed by atoms with Gasteiger partial charge in [0.05, 0.1) is 6.04 Å². The summed E-state index contributed by atoms with van der Waals surface area (Å²) in [5.41, 5.74) is 6.85. The van der Waals surface area contributed by atoms with Crippen LogP contribution in [0.1, 0.15) is 5.56 Å². The Kier molecular flexibility index (Phi) is 5.97. The van der Waals surface area contributed by atoms with E-state index in [1.165, 1.54) is 4.90 Å². The van der Waals surface area contributed by atoms with Gasteiger partial charge in [-0.15, -0.1) is 12.4 Å². The highest BCUT2D eigenvalue weighted by molar-refractivity contribution is 5.85. The van der Waals surface area contributed by atoms with Gasteiger partial charge in [0.1, 0.15) is 0 Å². The van der Waals surface area contributed by atoms with Crippen molar-refractivity contribution in [1.82, 2.24) is 4.90 Å². The zero-order valence-corrected chi connectivity index (χ0v) is 9.83. The molecule has 4 heteroatoms. The van der Waals surface area contributed by atoms with Crippen molar-refractivity contribution in [3.63, 3.8) is 0 Å². The number of halogens is 1. The van der Waals surface area contributed by atoms with Crippen molar-refractivity contribution < 1.29 is 4.79 Å². The molecule has 3 nitrogen and oxygen atoms in total. The van der Waals surface area contributed by atoms with E-state index in [0.29, 0.717) is 6.42 Å². The van der Waals surface area contributed by atoms with Gasteiger partial charge in [-0.05, 0) is 12.0 Å². The Morgan fingerprint density at radius 3 is 2.33 bits per heavy atom. The molecular formula is C11H17ClN2O. The third-order valence-electron chi connectivity index (χ3n) is 2.06. The van der Waals surface area contributed by atoms with E-state index in [4.69, 9.17) is 5.73 Å². The van der Waals surface area contributed by atoms with Crippen LogP contribution in [0.3, 0.4) is 0 Å². The van der Waals surface area contributed by atoms with Gasteiger partial charge < -0.3 is 10.6 Å². The number of nitrogens with two attached hydrogens (primary N) is 1. The molecule has 1 atom stereocenters. The van der Waals surface area contributed by atoms with Crippen LogP contribution in [0.2, 0.25) is 0 Å². The van der Waals surface area contributed by atoms with Crippen molar-refractivity contribution in [1.29, 1.82) is 0 Å². The van der Waals surface area contributed by atoms with Crippen LogP contribution in [0.4, 0.5) is 0 Å². The zero-order valence-electron chi connectivity index (χ0n) is 9.01. The molecule has 0 bridgehead atoms. The largest absolute Gasteiger partial charge is 0.347 e. The molecule has 1 aromatic rings. The molecule has 15 heavy (non-hydrogen) atoms. The second-order valence-corrected chi connectivity index (χ2v) is 3.53. The molecule has 1 aromatic carbocycles. The van der Waals surface area contributed by atoms with Gasteiger partial charge in [-0.2, -0.15) is 0 Å². The number of carbonyl (C=O) groups is 1. The summed E-state index contributed by atoms with van der Waals surface area (Å²) in [6.45, 7) is 0. The van der Waals surface area contributed by atoms with Crippen molar-refractivity contribution in [3.05, 3.63) is 35.9 Å². The number of hydrogen-bond donors (Lipinski definition) is 1. The van der Waals surface area contributed by atoms with Crippen LogP contribution in [0.15, 0.2) is 30.3 Å². The predicted octanol–water partition coefficient (Wildman–Crippen LogP) is 1.07. The van der Waals surface area contributed by atoms with Gasteiger partial charge in [0.15, 0.2) is 0 Å². The molecule has 0 saturated heterocycles. The first-order chi connectivity index (χ1) is 6.61. The fourth-order valence-corrected chi connectivity index (χ4v) is 1.29. The molecule has 0 fully saturated rings. The van der Waals surface area contributed by atoms with Gasteiger partial charge in [0.2, 0.25) is 5.91 Å². The number of likely N-dealkylation sites (N-methyl/N-ethyl adjacent to an activating group) is 1. The first kappa shape index (κ1) is 13.9. The van der Waals surface area contributed by atoms with Gasteiger partial charge in [-0.1, -0.05) is 30.3 Å². The summed E-state index contributed by atoms with van der Waals surface area (Å²) in [5, 5.41) is 0. The number of rotatable bonds is 3. The molecule has 0 aromatic heterocycles. The summed E-state index contributed by atoms with van der Waals surface area (Å²) in [6.07, 6.45) is 0.595. The molecule has 1 amide bonds. The summed E-state index contributed by atoms with van der Waals surface area (Å²) in [5.74, 6) is -0.0335. The normalized spacial score (nSPS) is 11.4. The average molecular weight is 229 g/mol. The topological polar surface area (TPSA) is 46.3 Å². The second-order valence-electron chi connectivity index (χ2n) is 3.53. The Balaban J connectivity index is 0.00000196. The van der Waals surface area contributed by atoms with E-state index in [-0.39, 0.29) is 18.3 Å². The molecule has 0 aliphatic carbocycles. The van der Waals surface area contributed by atoms with Crippen LogP contribution in [0, 0.1) is 0 Å². The Morgan fingerprint density at radius 1 is 1.33 bits per heavy atom. The van der Waals surface area contributed by atoms with Crippen molar-refractivity contribution in [3.8, 4) is 0 Å². The maximum absolute atomic E-state index is 11.4. The molecule has 84 valence electrons. The van der Waals surface area contributed by atoms with Crippen LogP contribution >= 0.6 is 12.4 Å². The van der Waals surface area contributed by atoms with E-state index in [1.807, 2.05) is 30.3 Å². The van der Waals surface area contributed by atoms with Crippen molar-refractivity contribution >= 4 is 18.3 Å². The number of amides is 1. The van der Waals surface area contributed by atoms with Crippen LogP contribution < -0.4 is 5.73 Å². The minimum atomic E-state index is -0.438. The number of benzene rings is 1. The van der Waals surface area contributed by atoms with Gasteiger partial charge >= 0.3 is 0 Å². The summed E-state index contributed by atoms with van der Waals surface area (Å²) in [6, 6.07) is 9.35. The third kappa shape index (κ3) is 4.32. The molecule has 0 radical (unpaired) electrons. The first-order valence-corrected chi connectivity index (χ1v) is 4.62. The molecule has 2 N–H and O–H groups in total. The van der Waals surface area contributed by atoms with Crippen LogP contribution in [0.5, 0.6) is 0 Å². The Hall–Kier alpha value is -1.06. The maximum Gasteiger partial charge on any atom is 0.239 e. The lowest BCUT2D eigenvalue weighted by molar-refractivity contribution is -0.130. The van der Waals surface area contributed by atoms with E-state index >= 15 is 0 Å². The minimum absolute atomic E-state index is 0. The molecule has 0 saturated carbocycles. The highest BCUT2D eigenvalue weighted by atomic mass is 35.5. The van der Waals surface area contributed by atoms with Crippen molar-refractivity contribution in [2.24, 2.45) is 5.73 Å². The SMILES string of the molecule is CN(C)C(=O)C(N)Cc1ccccc1.Cl. The second kappa shape index (κ2) is 6.43. The molecule has 0 aliphatic rings. The van der Waals surface area contributed by atoms with Crippen LogP contribution in [0.25, 0.3) is 0 Å².